The summed E-state index contributed by atoms with van der Waals surface area (Å²) in [7, 11) is -3.29. The molecule has 4 atom stereocenters. The zero-order valence-corrected chi connectivity index (χ0v) is 12.7. The van der Waals surface area contributed by atoms with Crippen LogP contribution in [0.25, 0.3) is 0 Å². The monoisotopic (exact) mass is 364 g/mol. The second-order valence-electron chi connectivity index (χ2n) is 10.2. The fourth-order valence-electron chi connectivity index (χ4n) is 17.0. The van der Waals surface area contributed by atoms with Crippen molar-refractivity contribution in [2.75, 3.05) is 0 Å². The number of halogens is 3. The topological polar surface area (TPSA) is 0 Å². The van der Waals surface area contributed by atoms with Gasteiger partial charge in [0.25, 0.3) is 0 Å². The molecule has 0 aromatic rings. The van der Waals surface area contributed by atoms with E-state index in [4.69, 9.17) is 33.2 Å². The number of fused-ring (bicyclic) bond motifs is 10. The Balaban J connectivity index is 1.85. The molecule has 0 saturated carbocycles. The Morgan fingerprint density at radius 3 is 1.20 bits per heavy atom. The first kappa shape index (κ1) is 6.24. The summed E-state index contributed by atoms with van der Waals surface area (Å²) in [5, 5.41) is 0. The molecule has 10 heterocycles. The van der Waals surface area contributed by atoms with Crippen molar-refractivity contribution in [3.8, 4) is 0 Å². The molecule has 10 aliphatic rings. The minimum absolute atomic E-state index is 0.584. The third kappa shape index (κ3) is 0.0590. The number of rotatable bonds is 1. The molecule has 0 radical (unpaired) electrons. The van der Waals surface area contributed by atoms with E-state index in [-0.39, 0.29) is 0 Å². The Hall–Kier alpha value is 1.71. The summed E-state index contributed by atoms with van der Waals surface area (Å²) in [6.07, 6.45) is 0. The van der Waals surface area contributed by atoms with E-state index >= 15 is 0 Å². The average Bonchev–Trinajstić information content (AvgIpc) is 3.12. The molecule has 0 amide bonds. The van der Waals surface area contributed by atoms with Crippen LogP contribution in [0.5, 0.6) is 0 Å². The first-order valence-corrected chi connectivity index (χ1v) is 21.0. The normalized spacial score (nSPS) is 135. The van der Waals surface area contributed by atoms with Crippen LogP contribution in [0.1, 0.15) is 0 Å². The first-order valence-electron chi connectivity index (χ1n) is 6.07. The molecular formula is C10H9Cl3RuSi. The number of hydrogen-bond donors (Lipinski definition) is 0. The van der Waals surface area contributed by atoms with Crippen LogP contribution in [0.15, 0.2) is 0 Å². The van der Waals surface area contributed by atoms with Crippen molar-refractivity contribution < 1.29 is 7.72 Å². The molecule has 5 heteroatoms. The molecular weight excluding hydrogens is 356 g/mol. The van der Waals surface area contributed by atoms with Gasteiger partial charge < -0.3 is 0 Å². The predicted molar refractivity (Wildman–Crippen MR) is 59.8 cm³/mol. The van der Waals surface area contributed by atoms with E-state index < -0.39 is 13.7 Å². The van der Waals surface area contributed by atoms with Gasteiger partial charge in [0.1, 0.15) is 0 Å². The van der Waals surface area contributed by atoms with Gasteiger partial charge in [0.15, 0.2) is 0 Å². The molecule has 10 rings (SSSR count). The molecule has 0 bridgehead atoms. The standard InChI is InChI=1S/C5H4Cl3Si.C5H5.Ru/c6-9(7,8)5-3-1-2-4-5;1-2-4-5-3-1;/h1-4H;1-5H;. The fourth-order valence-corrected chi connectivity index (χ4v) is 194. The molecule has 15 heavy (non-hydrogen) atoms. The van der Waals surface area contributed by atoms with Gasteiger partial charge in [-0.1, -0.05) is 0 Å². The van der Waals surface area contributed by atoms with Crippen molar-refractivity contribution in [1.82, 2.24) is 0 Å². The SMILES string of the molecule is Cl[Si](Cl)(Cl)[C]12[CH]3[CH]4[CH]5[CH]1[Ru]45321678[CH]2[CH]1[CH]6[CH]7[CH]28. The summed E-state index contributed by atoms with van der Waals surface area (Å²) < 4.78 is 12.2. The van der Waals surface area contributed by atoms with Gasteiger partial charge in [-0.2, -0.15) is 0 Å². The van der Waals surface area contributed by atoms with E-state index in [0.29, 0.717) is 3.63 Å². The van der Waals surface area contributed by atoms with Crippen LogP contribution in [0.4, 0.5) is 0 Å². The van der Waals surface area contributed by atoms with Crippen molar-refractivity contribution in [2.24, 2.45) is 0 Å². The van der Waals surface area contributed by atoms with Gasteiger partial charge in [-0.25, -0.2) is 0 Å². The summed E-state index contributed by atoms with van der Waals surface area (Å²) in [5.74, 6) is 0. The van der Waals surface area contributed by atoms with Crippen LogP contribution >= 0.6 is 33.2 Å². The minimum atomic E-state index is -3.29. The Labute approximate surface area is 90.5 Å². The van der Waals surface area contributed by atoms with Crippen molar-refractivity contribution >= 4 is 39.2 Å². The van der Waals surface area contributed by atoms with Crippen molar-refractivity contribution in [3.05, 3.63) is 0 Å². The van der Waals surface area contributed by atoms with Gasteiger partial charge in [-0.05, 0) is 0 Å². The molecule has 10 saturated heterocycles. The Bertz CT molecular complexity index is 849. The Kier molecular flexibility index (Phi) is 0.192. The quantitative estimate of drug-likeness (QED) is 0.456. The fraction of sp³-hybridized carbons (Fsp3) is 1.00. The van der Waals surface area contributed by atoms with Gasteiger partial charge in [0.05, 0.1) is 0 Å². The molecule has 0 aliphatic carbocycles. The third-order valence-corrected chi connectivity index (χ3v) is 96.1. The van der Waals surface area contributed by atoms with Gasteiger partial charge in [0, 0.05) is 0 Å². The Morgan fingerprint density at radius 2 is 1.13 bits per heavy atom. The van der Waals surface area contributed by atoms with Crippen LogP contribution < -0.4 is 0 Å². The summed E-state index contributed by atoms with van der Waals surface area (Å²) in [6.45, 7) is 0. The van der Waals surface area contributed by atoms with Crippen LogP contribution in [-0.2, 0) is 7.72 Å². The molecule has 10 aliphatic heterocycles. The van der Waals surface area contributed by atoms with Gasteiger partial charge in [-0.15, -0.1) is 0 Å². The van der Waals surface area contributed by atoms with E-state index in [9.17, 15) is 0 Å². The summed E-state index contributed by atoms with van der Waals surface area (Å²) in [6, 6.07) is -2.38. The van der Waals surface area contributed by atoms with Crippen molar-refractivity contribution in [2.45, 2.75) is 44.2 Å². The maximum atomic E-state index is 6.65. The molecule has 0 N–H and O–H groups in total. The number of hydrogen-bond acceptors (Lipinski definition) is 0. The molecule has 0 aromatic carbocycles. The van der Waals surface area contributed by atoms with Crippen LogP contribution in [-0.4, -0.2) is 6.00 Å². The second kappa shape index (κ2) is 0.463. The second-order valence-corrected chi connectivity index (χ2v) is 56.7. The predicted octanol–water partition coefficient (Wildman–Crippen LogP) is 4.94. The third-order valence-electron chi connectivity index (χ3n) is 15.1. The van der Waals surface area contributed by atoms with Crippen molar-refractivity contribution in [1.29, 1.82) is 0 Å². The van der Waals surface area contributed by atoms with Gasteiger partial charge in [-0.3, -0.25) is 0 Å². The average molecular weight is 365 g/mol. The summed E-state index contributed by atoms with van der Waals surface area (Å²) >= 11 is 20.0. The molecule has 82 valence electrons. The molecule has 1 spiro atoms. The molecule has 4 unspecified atom stereocenters. The van der Waals surface area contributed by atoms with E-state index in [1.165, 1.54) is 40.6 Å². The van der Waals surface area contributed by atoms with Crippen molar-refractivity contribution in [3.63, 3.8) is 0 Å². The van der Waals surface area contributed by atoms with Crippen LogP contribution in [0.3, 0.4) is 0 Å². The van der Waals surface area contributed by atoms with E-state index in [2.05, 4.69) is 0 Å². The Morgan fingerprint density at radius 1 is 0.733 bits per heavy atom. The summed E-state index contributed by atoms with van der Waals surface area (Å²) in [4.78, 5) is 0. The molecule has 10 fully saturated rings. The maximum absolute atomic E-state index is 6.65. The van der Waals surface area contributed by atoms with E-state index in [1.54, 1.807) is 0 Å². The van der Waals surface area contributed by atoms with Crippen LogP contribution in [0.2, 0.25) is 44.2 Å². The molecule has 0 nitrogen and oxygen atoms in total. The summed E-state index contributed by atoms with van der Waals surface area (Å²) in [5.41, 5.74) is 0. The zero-order chi connectivity index (χ0) is 9.51. The van der Waals surface area contributed by atoms with Crippen LogP contribution in [0, 0.1) is 0 Å². The van der Waals surface area contributed by atoms with Gasteiger partial charge >= 0.3 is 91.2 Å². The van der Waals surface area contributed by atoms with E-state index in [1.807, 2.05) is 0 Å². The van der Waals surface area contributed by atoms with E-state index in [0.717, 1.165) is 0 Å². The van der Waals surface area contributed by atoms with Gasteiger partial charge in [0.2, 0.25) is 0 Å². The first-order chi connectivity index (χ1) is 6.80. The zero-order valence-electron chi connectivity index (χ0n) is 7.68. The molecule has 0 aromatic heterocycles.